The maximum atomic E-state index is 12.0. The van der Waals surface area contributed by atoms with Gasteiger partial charge in [-0.15, -0.1) is 0 Å². The van der Waals surface area contributed by atoms with Gasteiger partial charge in [0.25, 0.3) is 0 Å². The third kappa shape index (κ3) is 3.00. The van der Waals surface area contributed by atoms with E-state index in [9.17, 15) is 14.7 Å². The lowest BCUT2D eigenvalue weighted by atomic mass is 10.1. The molecule has 102 valence electrons. The number of carbonyl (C=O) groups excluding carboxylic acids is 1. The highest BCUT2D eigenvalue weighted by Gasteiger charge is 2.38. The number of amides is 1. The number of nitrogens with zero attached hydrogens (tertiary/aromatic N) is 1. The summed E-state index contributed by atoms with van der Waals surface area (Å²) in [5.74, 6) is -0.931. The number of rotatable bonds is 4. The molecule has 1 aromatic rings. The second-order valence-corrected chi connectivity index (χ2v) is 6.03. The van der Waals surface area contributed by atoms with Gasteiger partial charge in [0.2, 0.25) is 5.91 Å². The number of hydrogen-bond acceptors (Lipinski definition) is 2. The van der Waals surface area contributed by atoms with Gasteiger partial charge in [0.1, 0.15) is 0 Å². The monoisotopic (exact) mass is 389 g/mol. The molecular formula is C13H13Br2NO3. The predicted octanol–water partition coefficient (Wildman–Crippen LogP) is 2.82. The zero-order valence-electron chi connectivity index (χ0n) is 10.1. The van der Waals surface area contributed by atoms with Crippen molar-refractivity contribution in [3.05, 3.63) is 34.3 Å². The van der Waals surface area contributed by atoms with Crippen LogP contribution in [0.2, 0.25) is 0 Å². The van der Waals surface area contributed by atoms with E-state index < -0.39 is 12.0 Å². The van der Waals surface area contributed by atoms with Crippen LogP contribution in [0.25, 0.3) is 0 Å². The minimum Gasteiger partial charge on any atom is -0.479 e. The summed E-state index contributed by atoms with van der Waals surface area (Å²) in [6.07, 6.45) is 0.402. The lowest BCUT2D eigenvalue weighted by molar-refractivity contribution is -0.148. The summed E-state index contributed by atoms with van der Waals surface area (Å²) in [6, 6.07) is 6.19. The van der Waals surface area contributed by atoms with Crippen molar-refractivity contribution in [1.82, 2.24) is 4.90 Å². The van der Waals surface area contributed by atoms with Crippen LogP contribution in [0.15, 0.2) is 28.7 Å². The van der Waals surface area contributed by atoms with Crippen molar-refractivity contribution >= 4 is 43.7 Å². The minimum atomic E-state index is -1.00. The fourth-order valence-corrected chi connectivity index (χ4v) is 3.23. The van der Waals surface area contributed by atoms with E-state index in [-0.39, 0.29) is 11.8 Å². The molecule has 1 amide bonds. The van der Waals surface area contributed by atoms with Crippen molar-refractivity contribution in [1.29, 1.82) is 0 Å². The van der Waals surface area contributed by atoms with Crippen molar-refractivity contribution in [3.8, 4) is 0 Å². The Morgan fingerprint density at radius 3 is 2.68 bits per heavy atom. The largest absolute Gasteiger partial charge is 0.479 e. The van der Waals surface area contributed by atoms with Gasteiger partial charge in [-0.05, 0) is 12.0 Å². The molecule has 0 saturated carbocycles. The summed E-state index contributed by atoms with van der Waals surface area (Å²) in [5, 5.41) is 10.2. The second kappa shape index (κ2) is 6.05. The molecule has 0 aliphatic carbocycles. The molecule has 19 heavy (non-hydrogen) atoms. The predicted molar refractivity (Wildman–Crippen MR) is 78.1 cm³/mol. The van der Waals surface area contributed by atoms with E-state index in [1.54, 1.807) is 18.2 Å². The van der Waals surface area contributed by atoms with Crippen LogP contribution >= 0.6 is 31.9 Å². The highest BCUT2D eigenvalue weighted by atomic mass is 79.9. The highest BCUT2D eigenvalue weighted by Crippen LogP contribution is 2.33. The number of aliphatic carboxylic acids is 1. The van der Waals surface area contributed by atoms with Crippen LogP contribution in [0.3, 0.4) is 0 Å². The number of carbonyl (C=O) groups is 2. The summed E-state index contributed by atoms with van der Waals surface area (Å²) in [5.41, 5.74) is 0.610. The van der Waals surface area contributed by atoms with E-state index in [1.807, 2.05) is 6.07 Å². The number of benzene rings is 1. The van der Waals surface area contributed by atoms with E-state index in [0.717, 1.165) is 0 Å². The quantitative estimate of drug-likeness (QED) is 0.804. The maximum absolute atomic E-state index is 12.0. The fraction of sp³-hybridized carbons (Fsp3) is 0.385. The van der Waals surface area contributed by atoms with E-state index >= 15 is 0 Å². The zero-order valence-corrected chi connectivity index (χ0v) is 13.2. The molecule has 2 rings (SSSR count). The van der Waals surface area contributed by atoms with E-state index in [4.69, 9.17) is 0 Å². The Morgan fingerprint density at radius 1 is 1.47 bits per heavy atom. The Balaban J connectivity index is 2.35. The molecule has 1 heterocycles. The Morgan fingerprint density at radius 2 is 2.16 bits per heavy atom. The summed E-state index contributed by atoms with van der Waals surface area (Å²) in [7, 11) is 0. The molecule has 2 unspecified atom stereocenters. The first kappa shape index (κ1) is 14.5. The van der Waals surface area contributed by atoms with Crippen molar-refractivity contribution in [3.63, 3.8) is 0 Å². The van der Waals surface area contributed by atoms with Crippen LogP contribution in [0.4, 0.5) is 0 Å². The minimum absolute atomic E-state index is 0.104. The average molecular weight is 391 g/mol. The van der Waals surface area contributed by atoms with Crippen LogP contribution in [0.5, 0.6) is 0 Å². The first-order chi connectivity index (χ1) is 9.04. The molecule has 1 aromatic carbocycles. The Labute approximate surface area is 128 Å². The van der Waals surface area contributed by atoms with Gasteiger partial charge in [0.15, 0.2) is 6.04 Å². The molecule has 1 fully saturated rings. The highest BCUT2D eigenvalue weighted by molar-refractivity contribution is 9.10. The van der Waals surface area contributed by atoms with Crippen LogP contribution in [0.1, 0.15) is 18.0 Å². The molecule has 0 spiro atoms. The Hall–Kier alpha value is -0.880. The average Bonchev–Trinajstić information content (AvgIpc) is 2.73. The van der Waals surface area contributed by atoms with Gasteiger partial charge in [-0.25, -0.2) is 4.79 Å². The number of hydrogen-bond donors (Lipinski definition) is 1. The van der Waals surface area contributed by atoms with Gasteiger partial charge in [-0.2, -0.15) is 0 Å². The van der Waals surface area contributed by atoms with Crippen LogP contribution in [-0.4, -0.2) is 33.8 Å². The van der Waals surface area contributed by atoms with Crippen molar-refractivity contribution in [2.75, 3.05) is 11.9 Å². The van der Waals surface area contributed by atoms with E-state index in [1.165, 1.54) is 4.90 Å². The summed E-state index contributed by atoms with van der Waals surface area (Å²) in [6.45, 7) is 0.475. The second-order valence-electron chi connectivity index (χ2n) is 4.53. The van der Waals surface area contributed by atoms with Crippen molar-refractivity contribution < 1.29 is 14.7 Å². The van der Waals surface area contributed by atoms with Gasteiger partial charge in [-0.3, -0.25) is 4.79 Å². The molecule has 1 N–H and O–H groups in total. The Kier molecular flexibility index (Phi) is 4.62. The summed E-state index contributed by atoms with van der Waals surface area (Å²) < 4.78 is 0.706. The molecule has 0 bridgehead atoms. The smallest absolute Gasteiger partial charge is 0.331 e. The molecule has 0 radical (unpaired) electrons. The lowest BCUT2D eigenvalue weighted by Crippen LogP contribution is -2.35. The SMILES string of the molecule is O=C(O)C(c1ccccc1Br)N1CC(CBr)CC1=O. The number of likely N-dealkylation sites (tertiary alicyclic amines) is 1. The third-order valence-electron chi connectivity index (χ3n) is 3.20. The number of carboxylic acids is 1. The van der Waals surface area contributed by atoms with Gasteiger partial charge in [0.05, 0.1) is 0 Å². The van der Waals surface area contributed by atoms with Crippen LogP contribution < -0.4 is 0 Å². The topological polar surface area (TPSA) is 57.6 Å². The van der Waals surface area contributed by atoms with Gasteiger partial charge in [0, 0.05) is 28.3 Å². The van der Waals surface area contributed by atoms with Crippen molar-refractivity contribution in [2.45, 2.75) is 12.5 Å². The van der Waals surface area contributed by atoms with Crippen LogP contribution in [-0.2, 0) is 9.59 Å². The molecule has 2 atom stereocenters. The van der Waals surface area contributed by atoms with E-state index in [0.29, 0.717) is 28.3 Å². The molecule has 6 heteroatoms. The normalized spacial score (nSPS) is 20.6. The summed E-state index contributed by atoms with van der Waals surface area (Å²) in [4.78, 5) is 25.0. The number of alkyl halides is 1. The molecule has 0 aromatic heterocycles. The van der Waals surface area contributed by atoms with Crippen LogP contribution in [0, 0.1) is 5.92 Å². The standard InChI is InChI=1S/C13H13Br2NO3/c14-6-8-5-11(17)16(7-8)12(13(18)19)9-3-1-2-4-10(9)15/h1-4,8,12H,5-7H2,(H,18,19). The lowest BCUT2D eigenvalue weighted by Gasteiger charge is -2.25. The van der Waals surface area contributed by atoms with Gasteiger partial charge >= 0.3 is 5.97 Å². The van der Waals surface area contributed by atoms with Gasteiger partial charge < -0.3 is 10.0 Å². The van der Waals surface area contributed by atoms with Crippen molar-refractivity contribution in [2.24, 2.45) is 5.92 Å². The molecular weight excluding hydrogens is 378 g/mol. The third-order valence-corrected chi connectivity index (χ3v) is 4.84. The zero-order chi connectivity index (χ0) is 14.0. The molecule has 1 saturated heterocycles. The molecule has 1 aliphatic rings. The maximum Gasteiger partial charge on any atom is 0.331 e. The molecule has 1 aliphatic heterocycles. The van der Waals surface area contributed by atoms with E-state index in [2.05, 4.69) is 31.9 Å². The number of halogens is 2. The Bertz CT molecular complexity index is 506. The van der Waals surface area contributed by atoms with Gasteiger partial charge in [-0.1, -0.05) is 50.1 Å². The first-order valence-corrected chi connectivity index (χ1v) is 7.78. The molecule has 4 nitrogen and oxygen atoms in total. The number of carboxylic acid groups (broad SMARTS) is 1. The summed E-state index contributed by atoms with van der Waals surface area (Å²) >= 11 is 6.71. The first-order valence-electron chi connectivity index (χ1n) is 5.87. The fourth-order valence-electron chi connectivity index (χ4n) is 2.29.